The maximum Gasteiger partial charge on any atom is 0.275 e. The van der Waals surface area contributed by atoms with E-state index in [4.69, 9.17) is 11.8 Å². The van der Waals surface area contributed by atoms with Gasteiger partial charge in [-0.05, 0) is 73.4 Å². The number of fused-ring (bicyclic) bond motifs is 1. The van der Waals surface area contributed by atoms with E-state index >= 15 is 4.39 Å². The quantitative estimate of drug-likeness (QED) is 0.182. The highest BCUT2D eigenvalue weighted by Crippen LogP contribution is 2.37. The van der Waals surface area contributed by atoms with Crippen LogP contribution in [0.25, 0.3) is 33.5 Å². The van der Waals surface area contributed by atoms with Crippen molar-refractivity contribution < 1.29 is 18.7 Å². The van der Waals surface area contributed by atoms with Gasteiger partial charge in [-0.25, -0.2) is 23.2 Å². The number of piperazine rings is 1. The van der Waals surface area contributed by atoms with Crippen molar-refractivity contribution in [3.05, 3.63) is 101 Å². The fourth-order valence-corrected chi connectivity index (χ4v) is 5.89. The number of halogens is 3. The maximum absolute atomic E-state index is 15.1. The van der Waals surface area contributed by atoms with Crippen LogP contribution in [0.3, 0.4) is 0 Å². The lowest BCUT2D eigenvalue weighted by Gasteiger charge is -2.27. The molecule has 3 heterocycles. The van der Waals surface area contributed by atoms with Crippen LogP contribution < -0.4 is 9.74 Å². The number of nitrogens with zero attached hydrogens (tertiary/aromatic N) is 4. The van der Waals surface area contributed by atoms with E-state index in [0.29, 0.717) is 37.8 Å². The molecule has 3 aromatic carbocycles. The smallest absolute Gasteiger partial charge is 0.275 e. The van der Waals surface area contributed by atoms with Crippen LogP contribution in [0.5, 0.6) is 0 Å². The zero-order valence-corrected chi connectivity index (χ0v) is 25.9. The van der Waals surface area contributed by atoms with Gasteiger partial charge in [0.25, 0.3) is 5.91 Å². The summed E-state index contributed by atoms with van der Waals surface area (Å²) in [7, 11) is 0. The van der Waals surface area contributed by atoms with E-state index in [1.165, 1.54) is 43.9 Å². The van der Waals surface area contributed by atoms with Gasteiger partial charge < -0.3 is 15.4 Å². The standard InChI is InChI=1S/C34H33ClF2N6O2/c1-20-26(15-24(36)16-30(20)43(35)33(44)25-9-8-23(14-28(25)37)34(2,3)45)31-27-17-29(41-32(27)40-19-39-31)22-6-4-21(5-7-22)18-42-12-10-38-11-13-42/h4-9,14-17,19,38,45H,10-13,18H2,1-3H3,(H,39,40,41). The zero-order valence-electron chi connectivity index (χ0n) is 25.2. The summed E-state index contributed by atoms with van der Waals surface area (Å²) in [5.41, 5.74) is 3.65. The van der Waals surface area contributed by atoms with E-state index in [1.807, 2.05) is 6.07 Å². The summed E-state index contributed by atoms with van der Waals surface area (Å²) in [5, 5.41) is 14.2. The molecule has 0 aliphatic carbocycles. The Morgan fingerprint density at radius 3 is 2.47 bits per heavy atom. The van der Waals surface area contributed by atoms with Crippen molar-refractivity contribution in [2.24, 2.45) is 0 Å². The van der Waals surface area contributed by atoms with Gasteiger partial charge in [0.05, 0.1) is 22.5 Å². The monoisotopic (exact) mass is 630 g/mol. The molecular weight excluding hydrogens is 598 g/mol. The Morgan fingerprint density at radius 2 is 1.78 bits per heavy atom. The minimum Gasteiger partial charge on any atom is -0.386 e. The number of benzene rings is 3. The molecule has 8 nitrogen and oxygen atoms in total. The van der Waals surface area contributed by atoms with Crippen LogP contribution in [0, 0.1) is 18.6 Å². The summed E-state index contributed by atoms with van der Waals surface area (Å²) in [6, 6.07) is 16.5. The van der Waals surface area contributed by atoms with Crippen LogP contribution in [0.1, 0.15) is 40.9 Å². The van der Waals surface area contributed by atoms with Gasteiger partial charge in [-0.2, -0.15) is 0 Å². The molecule has 45 heavy (non-hydrogen) atoms. The third-order valence-corrected chi connectivity index (χ3v) is 8.54. The van der Waals surface area contributed by atoms with Crippen molar-refractivity contribution in [2.45, 2.75) is 32.9 Å². The SMILES string of the molecule is Cc1c(-c2ncnc3[nH]c(-c4ccc(CN5CCNCC5)cc4)cc23)cc(F)cc1N(Cl)C(=O)c1ccc(C(C)(C)O)cc1F. The van der Waals surface area contributed by atoms with Crippen molar-refractivity contribution in [1.29, 1.82) is 0 Å². The van der Waals surface area contributed by atoms with E-state index in [-0.39, 0.29) is 11.3 Å². The molecule has 1 amide bonds. The van der Waals surface area contributed by atoms with Gasteiger partial charge >= 0.3 is 0 Å². The Morgan fingerprint density at radius 1 is 1.04 bits per heavy atom. The van der Waals surface area contributed by atoms with Crippen molar-refractivity contribution in [3.8, 4) is 22.5 Å². The lowest BCUT2D eigenvalue weighted by molar-refractivity contribution is 0.0780. The largest absolute Gasteiger partial charge is 0.386 e. The van der Waals surface area contributed by atoms with Crippen LogP contribution in [0.15, 0.2) is 67.0 Å². The zero-order chi connectivity index (χ0) is 31.9. The second-order valence-corrected chi connectivity index (χ2v) is 12.2. The van der Waals surface area contributed by atoms with Gasteiger partial charge in [0.15, 0.2) is 0 Å². The van der Waals surface area contributed by atoms with Crippen molar-refractivity contribution >= 4 is 34.4 Å². The number of aromatic nitrogens is 3. The van der Waals surface area contributed by atoms with Gasteiger partial charge in [0.2, 0.25) is 0 Å². The van der Waals surface area contributed by atoms with E-state index < -0.39 is 23.1 Å². The number of aromatic amines is 1. The normalized spacial score (nSPS) is 14.2. The molecule has 0 saturated carbocycles. The molecule has 232 valence electrons. The van der Waals surface area contributed by atoms with Crippen molar-refractivity contribution in [3.63, 3.8) is 0 Å². The predicted molar refractivity (Wildman–Crippen MR) is 172 cm³/mol. The molecule has 5 aromatic rings. The highest BCUT2D eigenvalue weighted by atomic mass is 35.5. The molecule has 3 N–H and O–H groups in total. The van der Waals surface area contributed by atoms with Gasteiger partial charge in [0, 0.05) is 61.1 Å². The number of carbonyl (C=O) groups is 1. The van der Waals surface area contributed by atoms with E-state index in [2.05, 4.69) is 49.4 Å². The average molecular weight is 631 g/mol. The summed E-state index contributed by atoms with van der Waals surface area (Å²) in [6.07, 6.45) is 1.39. The molecule has 0 unspecified atom stereocenters. The third kappa shape index (κ3) is 6.32. The van der Waals surface area contributed by atoms with E-state index in [9.17, 15) is 14.3 Å². The van der Waals surface area contributed by atoms with Crippen LogP contribution in [0.4, 0.5) is 14.5 Å². The molecule has 11 heteroatoms. The van der Waals surface area contributed by atoms with Crippen LogP contribution in [-0.4, -0.2) is 57.0 Å². The number of anilines is 1. The molecule has 0 radical (unpaired) electrons. The molecule has 1 fully saturated rings. The van der Waals surface area contributed by atoms with Crippen LogP contribution in [-0.2, 0) is 12.1 Å². The molecule has 1 aliphatic rings. The second-order valence-electron chi connectivity index (χ2n) is 11.8. The average Bonchev–Trinajstić information content (AvgIpc) is 3.46. The lowest BCUT2D eigenvalue weighted by atomic mass is 9.96. The minimum absolute atomic E-state index is 0.0465. The second kappa shape index (κ2) is 12.3. The molecule has 1 aliphatic heterocycles. The number of nitrogens with one attached hydrogen (secondary N) is 2. The molecule has 0 bridgehead atoms. The summed E-state index contributed by atoms with van der Waals surface area (Å²) < 4.78 is 30.8. The van der Waals surface area contributed by atoms with Gasteiger partial charge in [-0.3, -0.25) is 9.69 Å². The number of hydrogen-bond donors (Lipinski definition) is 3. The molecule has 0 spiro atoms. The fraction of sp³-hybridized carbons (Fsp3) is 0.265. The molecule has 0 atom stereocenters. The highest BCUT2D eigenvalue weighted by molar-refractivity contribution is 6.39. The van der Waals surface area contributed by atoms with Crippen molar-refractivity contribution in [1.82, 2.24) is 25.2 Å². The first kappa shape index (κ1) is 30.8. The van der Waals surface area contributed by atoms with Gasteiger partial charge in [0.1, 0.15) is 23.6 Å². The molecule has 1 saturated heterocycles. The number of carbonyl (C=O) groups excluding carboxylic acids is 1. The minimum atomic E-state index is -1.30. The summed E-state index contributed by atoms with van der Waals surface area (Å²) >= 11 is 6.46. The summed E-state index contributed by atoms with van der Waals surface area (Å²) in [5.74, 6) is -2.38. The maximum atomic E-state index is 15.1. The predicted octanol–water partition coefficient (Wildman–Crippen LogP) is 6.31. The highest BCUT2D eigenvalue weighted by Gasteiger charge is 2.26. The fourth-order valence-electron chi connectivity index (χ4n) is 5.63. The van der Waals surface area contributed by atoms with Gasteiger partial charge in [-0.15, -0.1) is 0 Å². The topological polar surface area (TPSA) is 97.4 Å². The molecular formula is C34H33ClF2N6O2. The Balaban J connectivity index is 1.31. The number of H-pyrrole nitrogens is 1. The lowest BCUT2D eigenvalue weighted by Crippen LogP contribution is -2.42. The Bertz CT molecular complexity index is 1880. The molecule has 2 aromatic heterocycles. The first-order chi connectivity index (χ1) is 21.5. The number of hydrogen-bond acceptors (Lipinski definition) is 6. The summed E-state index contributed by atoms with van der Waals surface area (Å²) in [4.78, 5) is 27.9. The molecule has 6 rings (SSSR count). The third-order valence-electron chi connectivity index (χ3n) is 8.20. The first-order valence-electron chi connectivity index (χ1n) is 14.7. The Labute approximate surface area is 264 Å². The van der Waals surface area contributed by atoms with E-state index in [1.54, 1.807) is 6.92 Å². The van der Waals surface area contributed by atoms with E-state index in [0.717, 1.165) is 56.1 Å². The summed E-state index contributed by atoms with van der Waals surface area (Å²) in [6.45, 7) is 9.65. The van der Waals surface area contributed by atoms with Gasteiger partial charge in [-0.1, -0.05) is 30.3 Å². The number of rotatable bonds is 7. The van der Waals surface area contributed by atoms with Crippen LogP contribution in [0.2, 0.25) is 0 Å². The first-order valence-corrected chi connectivity index (χ1v) is 15.0. The van der Waals surface area contributed by atoms with Crippen molar-refractivity contribution in [2.75, 3.05) is 30.6 Å². The van der Waals surface area contributed by atoms with Crippen LogP contribution >= 0.6 is 11.8 Å². The Hall–Kier alpha value is -4.22. The number of aliphatic hydroxyl groups is 1. The Kier molecular flexibility index (Phi) is 8.41. The number of amides is 1.